The van der Waals surface area contributed by atoms with E-state index in [9.17, 15) is 0 Å². The standard InChI is InChI=1S/C15H10ClN3S/c16-9-6-10(17)14-11(7-9)18-15(19-14)13-5-8-3-1-2-4-12(8)20-13/h1-7H,17H2,(H,18,19). The number of nitrogens with one attached hydrogen (secondary N) is 1. The van der Waals surface area contributed by atoms with Crippen LogP contribution in [0.2, 0.25) is 5.02 Å². The second-order valence-electron chi connectivity index (χ2n) is 4.63. The van der Waals surface area contributed by atoms with Gasteiger partial charge in [0.25, 0.3) is 0 Å². The molecule has 2 aromatic heterocycles. The number of imidazole rings is 1. The van der Waals surface area contributed by atoms with Gasteiger partial charge in [0, 0.05) is 9.72 Å². The van der Waals surface area contributed by atoms with Crippen LogP contribution in [0.15, 0.2) is 42.5 Å². The van der Waals surface area contributed by atoms with Crippen LogP contribution in [0.1, 0.15) is 0 Å². The third kappa shape index (κ3) is 1.77. The number of aromatic nitrogens is 2. The smallest absolute Gasteiger partial charge is 0.148 e. The van der Waals surface area contributed by atoms with E-state index in [1.165, 1.54) is 10.1 Å². The Morgan fingerprint density at radius 1 is 1.15 bits per heavy atom. The minimum atomic E-state index is 0.594. The molecule has 3 nitrogen and oxygen atoms in total. The normalized spacial score (nSPS) is 11.4. The van der Waals surface area contributed by atoms with Gasteiger partial charge in [-0.1, -0.05) is 29.8 Å². The average Bonchev–Trinajstić information content (AvgIpc) is 3.01. The van der Waals surface area contributed by atoms with Gasteiger partial charge in [-0.15, -0.1) is 11.3 Å². The molecule has 0 spiro atoms. The maximum absolute atomic E-state index is 6.02. The first-order valence-electron chi connectivity index (χ1n) is 6.14. The fourth-order valence-corrected chi connectivity index (χ4v) is 3.56. The maximum atomic E-state index is 6.02. The summed E-state index contributed by atoms with van der Waals surface area (Å²) in [4.78, 5) is 8.97. The minimum Gasteiger partial charge on any atom is -0.397 e. The van der Waals surface area contributed by atoms with Crippen molar-refractivity contribution in [3.8, 4) is 10.7 Å². The molecule has 0 aliphatic carbocycles. The first-order valence-corrected chi connectivity index (χ1v) is 7.34. The number of fused-ring (bicyclic) bond motifs is 2. The molecule has 0 aliphatic heterocycles. The molecule has 98 valence electrons. The zero-order valence-corrected chi connectivity index (χ0v) is 11.9. The monoisotopic (exact) mass is 299 g/mol. The van der Waals surface area contributed by atoms with Crippen LogP contribution in [-0.4, -0.2) is 9.97 Å². The van der Waals surface area contributed by atoms with E-state index in [2.05, 4.69) is 28.2 Å². The number of aromatic amines is 1. The Morgan fingerprint density at radius 2 is 2.00 bits per heavy atom. The Balaban J connectivity index is 1.95. The first kappa shape index (κ1) is 11.8. The molecular formula is C15H10ClN3S. The summed E-state index contributed by atoms with van der Waals surface area (Å²) < 4.78 is 1.24. The van der Waals surface area contributed by atoms with E-state index in [0.717, 1.165) is 21.7 Å². The fraction of sp³-hybridized carbons (Fsp3) is 0. The lowest BCUT2D eigenvalue weighted by Crippen LogP contribution is -1.86. The first-order chi connectivity index (χ1) is 9.70. The summed E-state index contributed by atoms with van der Waals surface area (Å²) in [6, 6.07) is 14.0. The summed E-state index contributed by atoms with van der Waals surface area (Å²) in [7, 11) is 0. The van der Waals surface area contributed by atoms with Gasteiger partial charge in [0.2, 0.25) is 0 Å². The van der Waals surface area contributed by atoms with E-state index in [4.69, 9.17) is 17.3 Å². The second-order valence-corrected chi connectivity index (χ2v) is 6.15. The molecule has 3 N–H and O–H groups in total. The molecule has 0 saturated carbocycles. The van der Waals surface area contributed by atoms with Crippen molar-refractivity contribution in [2.75, 3.05) is 5.73 Å². The van der Waals surface area contributed by atoms with E-state index in [0.29, 0.717) is 10.7 Å². The molecular weight excluding hydrogens is 290 g/mol. The van der Waals surface area contributed by atoms with Crippen molar-refractivity contribution in [3.63, 3.8) is 0 Å². The number of rotatable bonds is 1. The lowest BCUT2D eigenvalue weighted by Gasteiger charge is -1.94. The minimum absolute atomic E-state index is 0.594. The highest BCUT2D eigenvalue weighted by Crippen LogP contribution is 2.34. The fourth-order valence-electron chi connectivity index (χ4n) is 2.32. The van der Waals surface area contributed by atoms with Crippen LogP contribution < -0.4 is 5.73 Å². The zero-order valence-electron chi connectivity index (χ0n) is 10.4. The van der Waals surface area contributed by atoms with E-state index in [1.54, 1.807) is 17.4 Å². The molecule has 0 unspecified atom stereocenters. The molecule has 0 aliphatic rings. The summed E-state index contributed by atoms with van der Waals surface area (Å²) in [5.41, 5.74) is 8.18. The molecule has 0 fully saturated rings. The predicted molar refractivity (Wildman–Crippen MR) is 86.3 cm³/mol. The van der Waals surface area contributed by atoms with Crippen molar-refractivity contribution >= 4 is 49.7 Å². The van der Waals surface area contributed by atoms with Crippen LogP contribution in [0.5, 0.6) is 0 Å². The van der Waals surface area contributed by atoms with Crippen LogP contribution in [0.3, 0.4) is 0 Å². The summed E-state index contributed by atoms with van der Waals surface area (Å²) in [5.74, 6) is 0.829. The van der Waals surface area contributed by atoms with Crippen LogP contribution in [-0.2, 0) is 0 Å². The summed E-state index contributed by atoms with van der Waals surface area (Å²) in [6.45, 7) is 0. The third-order valence-electron chi connectivity index (χ3n) is 3.24. The third-order valence-corrected chi connectivity index (χ3v) is 4.58. The number of hydrogen-bond donors (Lipinski definition) is 2. The number of nitrogen functional groups attached to an aromatic ring is 1. The Morgan fingerprint density at radius 3 is 2.85 bits per heavy atom. The largest absolute Gasteiger partial charge is 0.397 e. The number of anilines is 1. The number of nitrogens with two attached hydrogens (primary N) is 1. The molecule has 4 aromatic rings. The molecule has 0 bridgehead atoms. The summed E-state index contributed by atoms with van der Waals surface area (Å²) in [6.07, 6.45) is 0. The molecule has 20 heavy (non-hydrogen) atoms. The number of H-pyrrole nitrogens is 1. The number of hydrogen-bond acceptors (Lipinski definition) is 3. The van der Waals surface area contributed by atoms with Crippen LogP contribution >= 0.6 is 22.9 Å². The van der Waals surface area contributed by atoms with Crippen molar-refractivity contribution in [3.05, 3.63) is 47.5 Å². The number of benzene rings is 2. The Bertz CT molecular complexity index is 906. The van der Waals surface area contributed by atoms with Crippen molar-refractivity contribution < 1.29 is 0 Å². The van der Waals surface area contributed by atoms with Crippen molar-refractivity contribution in [1.29, 1.82) is 0 Å². The SMILES string of the molecule is Nc1cc(Cl)cc2[nH]c(-c3cc4ccccc4s3)nc12. The second kappa shape index (κ2) is 4.23. The van der Waals surface area contributed by atoms with E-state index >= 15 is 0 Å². The van der Waals surface area contributed by atoms with Gasteiger partial charge in [-0.05, 0) is 29.7 Å². The van der Waals surface area contributed by atoms with Gasteiger partial charge < -0.3 is 10.7 Å². The van der Waals surface area contributed by atoms with Gasteiger partial charge in [0.15, 0.2) is 0 Å². The van der Waals surface area contributed by atoms with E-state index in [-0.39, 0.29) is 0 Å². The lowest BCUT2D eigenvalue weighted by atomic mass is 10.2. The highest BCUT2D eigenvalue weighted by Gasteiger charge is 2.11. The molecule has 0 amide bonds. The highest BCUT2D eigenvalue weighted by molar-refractivity contribution is 7.22. The highest BCUT2D eigenvalue weighted by atomic mass is 35.5. The number of nitrogens with zero attached hydrogens (tertiary/aromatic N) is 1. The molecule has 0 atom stereocenters. The van der Waals surface area contributed by atoms with Gasteiger partial charge in [0.05, 0.1) is 16.1 Å². The topological polar surface area (TPSA) is 54.7 Å². The maximum Gasteiger partial charge on any atom is 0.148 e. The van der Waals surface area contributed by atoms with Crippen LogP contribution in [0.25, 0.3) is 31.8 Å². The van der Waals surface area contributed by atoms with E-state index < -0.39 is 0 Å². The van der Waals surface area contributed by atoms with Gasteiger partial charge in [-0.25, -0.2) is 4.98 Å². The number of thiophene rings is 1. The van der Waals surface area contributed by atoms with Crippen molar-refractivity contribution in [1.82, 2.24) is 9.97 Å². The van der Waals surface area contributed by atoms with Gasteiger partial charge in [0.1, 0.15) is 11.3 Å². The van der Waals surface area contributed by atoms with Gasteiger partial charge in [-0.2, -0.15) is 0 Å². The van der Waals surface area contributed by atoms with Crippen LogP contribution in [0.4, 0.5) is 5.69 Å². The lowest BCUT2D eigenvalue weighted by molar-refractivity contribution is 1.36. The Labute approximate surface area is 124 Å². The predicted octanol–water partition coefficient (Wildman–Crippen LogP) is 4.68. The molecule has 0 saturated heterocycles. The Kier molecular flexibility index (Phi) is 2.49. The van der Waals surface area contributed by atoms with Crippen LogP contribution in [0, 0.1) is 0 Å². The molecule has 5 heteroatoms. The molecule has 2 aromatic carbocycles. The zero-order chi connectivity index (χ0) is 13.7. The summed E-state index contributed by atoms with van der Waals surface area (Å²) >= 11 is 7.73. The number of halogens is 1. The van der Waals surface area contributed by atoms with Crippen molar-refractivity contribution in [2.45, 2.75) is 0 Å². The van der Waals surface area contributed by atoms with Gasteiger partial charge in [-0.3, -0.25) is 0 Å². The molecule has 0 radical (unpaired) electrons. The summed E-state index contributed by atoms with van der Waals surface area (Å²) in [5, 5.41) is 1.83. The molecule has 2 heterocycles. The van der Waals surface area contributed by atoms with Gasteiger partial charge >= 0.3 is 0 Å². The Hall–Kier alpha value is -2.04. The average molecular weight is 300 g/mol. The quantitative estimate of drug-likeness (QED) is 0.501. The molecule has 4 rings (SSSR count). The van der Waals surface area contributed by atoms with Crippen molar-refractivity contribution in [2.24, 2.45) is 0 Å². The van der Waals surface area contributed by atoms with E-state index in [1.807, 2.05) is 18.2 Å².